The molecule has 0 fully saturated rings. The molecular weight excluding hydrogens is 236 g/mol. The summed E-state index contributed by atoms with van der Waals surface area (Å²) in [5.74, 6) is 0. The maximum atomic E-state index is 10.8. The van der Waals surface area contributed by atoms with Crippen LogP contribution in [-0.4, -0.2) is 36.0 Å². The van der Waals surface area contributed by atoms with Crippen molar-refractivity contribution in [3.8, 4) is 0 Å². The molecule has 0 bridgehead atoms. The first-order valence-corrected chi connectivity index (χ1v) is 7.04. The molecule has 0 unspecified atom stereocenters. The lowest BCUT2D eigenvalue weighted by atomic mass is 10.0. The molecule has 1 aromatic carbocycles. The van der Waals surface area contributed by atoms with Gasteiger partial charge in [0.1, 0.15) is 0 Å². The molecule has 0 aliphatic rings. The third kappa shape index (κ3) is 5.43. The third-order valence-corrected chi connectivity index (χ3v) is 3.39. The number of benzene rings is 1. The molecule has 3 nitrogen and oxygen atoms in total. The average molecular weight is 262 g/mol. The molecule has 0 heterocycles. The van der Waals surface area contributed by atoms with Crippen molar-refractivity contribution in [3.63, 3.8) is 0 Å². The number of rotatable bonds is 8. The zero-order valence-corrected chi connectivity index (χ0v) is 12.5. The van der Waals surface area contributed by atoms with Gasteiger partial charge >= 0.3 is 0 Å². The fraction of sp³-hybridized carbons (Fsp3) is 0.562. The summed E-state index contributed by atoms with van der Waals surface area (Å²) in [6.45, 7) is 9.66. The van der Waals surface area contributed by atoms with Crippen molar-refractivity contribution < 1.29 is 4.79 Å². The average Bonchev–Trinajstić information content (AvgIpc) is 2.36. The fourth-order valence-corrected chi connectivity index (χ4v) is 2.44. The summed E-state index contributed by atoms with van der Waals surface area (Å²) in [6.07, 6.45) is 1.68. The molecule has 0 aliphatic heterocycles. The Balaban J connectivity index is 2.69. The normalized spacial score (nSPS) is 13.0. The van der Waals surface area contributed by atoms with E-state index in [1.807, 2.05) is 18.2 Å². The molecule has 1 N–H and O–H groups in total. The van der Waals surface area contributed by atoms with E-state index in [-0.39, 0.29) is 6.04 Å². The van der Waals surface area contributed by atoms with E-state index < -0.39 is 0 Å². The molecule has 0 spiro atoms. The van der Waals surface area contributed by atoms with Gasteiger partial charge in [-0.2, -0.15) is 0 Å². The van der Waals surface area contributed by atoms with Crippen LogP contribution in [0.25, 0.3) is 0 Å². The molecule has 106 valence electrons. The Kier molecular flexibility index (Phi) is 6.57. The fourth-order valence-electron chi connectivity index (χ4n) is 2.44. The molecule has 1 aromatic rings. The molecule has 0 aromatic heterocycles. The highest BCUT2D eigenvalue weighted by Crippen LogP contribution is 2.09. The topological polar surface area (TPSA) is 32.3 Å². The summed E-state index contributed by atoms with van der Waals surface area (Å²) < 4.78 is 0. The largest absolute Gasteiger partial charge is 0.354 e. The monoisotopic (exact) mass is 262 g/mol. The second kappa shape index (κ2) is 7.95. The zero-order chi connectivity index (χ0) is 14.3. The first-order chi connectivity index (χ1) is 9.04. The Bertz CT molecular complexity index is 354. The van der Waals surface area contributed by atoms with Crippen LogP contribution in [0.2, 0.25) is 0 Å². The number of hydrogen-bond acceptors (Lipinski definition) is 2. The first-order valence-electron chi connectivity index (χ1n) is 7.04. The van der Waals surface area contributed by atoms with Crippen molar-refractivity contribution in [2.24, 2.45) is 0 Å². The van der Waals surface area contributed by atoms with Crippen LogP contribution in [0.4, 0.5) is 0 Å². The second-order valence-electron chi connectivity index (χ2n) is 5.56. The molecule has 1 rings (SSSR count). The minimum atomic E-state index is 0.157. The predicted octanol–water partition coefficient (Wildman–Crippen LogP) is 2.46. The van der Waals surface area contributed by atoms with Crippen molar-refractivity contribution in [2.75, 3.05) is 6.54 Å². The van der Waals surface area contributed by atoms with Gasteiger partial charge in [-0.1, -0.05) is 30.3 Å². The van der Waals surface area contributed by atoms with Crippen molar-refractivity contribution in [3.05, 3.63) is 35.9 Å². The molecule has 1 amide bonds. The predicted molar refractivity (Wildman–Crippen MR) is 80.1 cm³/mol. The van der Waals surface area contributed by atoms with Gasteiger partial charge in [0, 0.05) is 24.7 Å². The molecule has 0 saturated heterocycles. The van der Waals surface area contributed by atoms with E-state index in [4.69, 9.17) is 0 Å². The van der Waals surface area contributed by atoms with Crippen molar-refractivity contribution in [1.82, 2.24) is 10.2 Å². The van der Waals surface area contributed by atoms with Crippen molar-refractivity contribution in [1.29, 1.82) is 0 Å². The Morgan fingerprint density at radius 3 is 2.16 bits per heavy atom. The van der Waals surface area contributed by atoms with E-state index in [1.165, 1.54) is 5.56 Å². The first kappa shape index (κ1) is 15.7. The van der Waals surface area contributed by atoms with E-state index in [1.54, 1.807) is 0 Å². The van der Waals surface area contributed by atoms with Crippen LogP contribution in [0.1, 0.15) is 33.3 Å². The molecule has 3 heteroatoms. The second-order valence-corrected chi connectivity index (χ2v) is 5.56. The van der Waals surface area contributed by atoms with Crippen molar-refractivity contribution in [2.45, 2.75) is 52.2 Å². The zero-order valence-electron chi connectivity index (χ0n) is 12.5. The Labute approximate surface area is 117 Å². The van der Waals surface area contributed by atoms with E-state index in [2.05, 4.69) is 50.0 Å². The summed E-state index contributed by atoms with van der Waals surface area (Å²) in [4.78, 5) is 13.2. The highest BCUT2D eigenvalue weighted by atomic mass is 16.1. The summed E-state index contributed by atoms with van der Waals surface area (Å²) in [6, 6.07) is 11.4. The minimum Gasteiger partial charge on any atom is -0.354 e. The number of nitrogens with one attached hydrogen (secondary N) is 1. The number of carbonyl (C=O) groups excluding carboxylic acids is 1. The van der Waals surface area contributed by atoms with Crippen LogP contribution in [0.5, 0.6) is 0 Å². The van der Waals surface area contributed by atoms with Gasteiger partial charge in [0.05, 0.1) is 0 Å². The van der Waals surface area contributed by atoms with Crippen LogP contribution in [0.3, 0.4) is 0 Å². The molecule has 19 heavy (non-hydrogen) atoms. The maximum Gasteiger partial charge on any atom is 0.207 e. The maximum absolute atomic E-state index is 10.8. The summed E-state index contributed by atoms with van der Waals surface area (Å²) in [5, 5.41) is 2.95. The van der Waals surface area contributed by atoms with E-state index in [0.717, 1.165) is 19.4 Å². The lowest BCUT2D eigenvalue weighted by Crippen LogP contribution is -2.47. The van der Waals surface area contributed by atoms with Gasteiger partial charge in [0.2, 0.25) is 6.41 Å². The van der Waals surface area contributed by atoms with Gasteiger partial charge in [-0.15, -0.1) is 0 Å². The van der Waals surface area contributed by atoms with Gasteiger partial charge in [-0.25, -0.2) is 0 Å². The molecule has 1 atom stereocenters. The van der Waals surface area contributed by atoms with Gasteiger partial charge in [-0.3, -0.25) is 9.69 Å². The lowest BCUT2D eigenvalue weighted by Gasteiger charge is -2.33. The molecule has 0 radical (unpaired) electrons. The van der Waals surface area contributed by atoms with Gasteiger partial charge in [0.15, 0.2) is 0 Å². The highest BCUT2D eigenvalue weighted by molar-refractivity contribution is 5.47. The van der Waals surface area contributed by atoms with Crippen molar-refractivity contribution >= 4 is 6.41 Å². The standard InChI is InChI=1S/C16H26N2O/c1-13(2)18(14(3)4)11-16(17-12-19)10-15-8-6-5-7-9-15/h5-9,12-14,16H,10-11H2,1-4H3,(H,17,19)/t16-/m0/s1. The lowest BCUT2D eigenvalue weighted by molar-refractivity contribution is -0.110. The number of amides is 1. The quantitative estimate of drug-likeness (QED) is 0.730. The Morgan fingerprint density at radius 1 is 1.11 bits per heavy atom. The number of nitrogens with zero attached hydrogens (tertiary/aromatic N) is 1. The molecule has 0 aliphatic carbocycles. The van der Waals surface area contributed by atoms with Gasteiger partial charge in [0.25, 0.3) is 0 Å². The minimum absolute atomic E-state index is 0.157. The van der Waals surface area contributed by atoms with Gasteiger partial charge in [-0.05, 0) is 39.7 Å². The highest BCUT2D eigenvalue weighted by Gasteiger charge is 2.18. The summed E-state index contributed by atoms with van der Waals surface area (Å²) in [7, 11) is 0. The van der Waals surface area contributed by atoms with Crippen LogP contribution in [0.15, 0.2) is 30.3 Å². The van der Waals surface area contributed by atoms with Crippen LogP contribution in [0, 0.1) is 0 Å². The summed E-state index contributed by atoms with van der Waals surface area (Å²) >= 11 is 0. The molecule has 0 saturated carbocycles. The van der Waals surface area contributed by atoms with Crippen LogP contribution < -0.4 is 5.32 Å². The van der Waals surface area contributed by atoms with Crippen LogP contribution in [-0.2, 0) is 11.2 Å². The van der Waals surface area contributed by atoms with Gasteiger partial charge < -0.3 is 5.32 Å². The Hall–Kier alpha value is -1.35. The van der Waals surface area contributed by atoms with E-state index in [0.29, 0.717) is 12.1 Å². The number of hydrogen-bond donors (Lipinski definition) is 1. The smallest absolute Gasteiger partial charge is 0.207 e. The number of carbonyl (C=O) groups is 1. The SMILES string of the molecule is CC(C)N(C[C@H](Cc1ccccc1)NC=O)C(C)C. The van der Waals surface area contributed by atoms with E-state index in [9.17, 15) is 4.79 Å². The third-order valence-electron chi connectivity index (χ3n) is 3.39. The summed E-state index contributed by atoms with van der Waals surface area (Å²) in [5.41, 5.74) is 1.26. The van der Waals surface area contributed by atoms with Crippen LogP contribution >= 0.6 is 0 Å². The van der Waals surface area contributed by atoms with E-state index >= 15 is 0 Å². The Morgan fingerprint density at radius 2 is 1.68 bits per heavy atom. The molecular formula is C16H26N2O.